The van der Waals surface area contributed by atoms with Crippen LogP contribution >= 0.6 is 0 Å². The highest BCUT2D eigenvalue weighted by Gasteiger charge is 2.37. The Bertz CT molecular complexity index is 3500. The van der Waals surface area contributed by atoms with Gasteiger partial charge in [0.1, 0.15) is 23.3 Å². The van der Waals surface area contributed by atoms with Gasteiger partial charge in [0.05, 0.1) is 0 Å². The van der Waals surface area contributed by atoms with E-state index in [1.165, 1.54) is 44.5 Å². The topological polar surface area (TPSA) is 58.0 Å². The van der Waals surface area contributed by atoms with E-state index in [0.717, 1.165) is 78.4 Å². The minimum atomic E-state index is -0.193. The second-order valence-electron chi connectivity index (χ2n) is 19.5. The number of hydrogen-bond donors (Lipinski definition) is 0. The van der Waals surface area contributed by atoms with Crippen LogP contribution in [-0.4, -0.2) is 19.9 Å². The van der Waals surface area contributed by atoms with Crippen molar-refractivity contribution in [3.63, 3.8) is 0 Å². The summed E-state index contributed by atoms with van der Waals surface area (Å²) in [6.45, 7) is 9.45. The van der Waals surface area contributed by atoms with E-state index in [4.69, 9.17) is 19.9 Å². The van der Waals surface area contributed by atoms with E-state index in [1.54, 1.807) is 0 Å². The predicted octanol–water partition coefficient (Wildman–Crippen LogP) is 16.5. The molecule has 70 heavy (non-hydrogen) atoms. The molecule has 0 bridgehead atoms. The van der Waals surface area contributed by atoms with E-state index in [1.807, 2.05) is 97.6 Å². The van der Waals surface area contributed by atoms with Crippen LogP contribution in [0, 0.1) is 0 Å². The number of fused-ring (bicyclic) bond motifs is 8. The monoisotopic (exact) mass is 900 g/mol. The molecule has 4 heterocycles. The fraction of sp³-hybridized carbons (Fsp3) is 0.0938. The third kappa shape index (κ3) is 6.40. The molecule has 0 unspecified atom stereocenters. The van der Waals surface area contributed by atoms with Crippen LogP contribution in [0.15, 0.2) is 219 Å². The van der Waals surface area contributed by atoms with Crippen LogP contribution in [0.3, 0.4) is 0 Å². The SMILES string of the molecule is CC1(C)c2ccccc2-c2ccc(-c3c4ccc(N(c5ccccn5)c5ccccn5)cc4c(-c4ccc5c(c4)C(C)(C)c4ccccc4-5)c4ccc(N(c5ccccn5)c5ccccn5)cc34)cc21. The molecule has 0 amide bonds. The fourth-order valence-corrected chi connectivity index (χ4v) is 11.5. The van der Waals surface area contributed by atoms with Crippen LogP contribution in [0.25, 0.3) is 66.1 Å². The molecule has 7 aromatic carbocycles. The molecule has 0 radical (unpaired) electrons. The number of anilines is 6. The normalized spacial score (nSPS) is 13.7. The zero-order valence-corrected chi connectivity index (χ0v) is 39.5. The fourth-order valence-electron chi connectivity index (χ4n) is 11.5. The van der Waals surface area contributed by atoms with Gasteiger partial charge in [0.2, 0.25) is 0 Å². The van der Waals surface area contributed by atoms with Gasteiger partial charge in [-0.05, 0) is 173 Å². The summed E-state index contributed by atoms with van der Waals surface area (Å²) in [5.41, 5.74) is 16.7. The summed E-state index contributed by atoms with van der Waals surface area (Å²) in [6.07, 6.45) is 7.38. The Kier molecular flexibility index (Phi) is 9.43. The first-order valence-electron chi connectivity index (χ1n) is 24.0. The average Bonchev–Trinajstić information content (AvgIpc) is 3.78. The highest BCUT2D eigenvalue weighted by Crippen LogP contribution is 2.54. The first kappa shape index (κ1) is 41.4. The van der Waals surface area contributed by atoms with Crippen molar-refractivity contribution in [1.82, 2.24) is 19.9 Å². The molecule has 6 heteroatoms. The Hall–Kier alpha value is -8.74. The lowest BCUT2D eigenvalue weighted by Gasteiger charge is -2.27. The number of aromatic nitrogens is 4. The zero-order valence-electron chi connectivity index (χ0n) is 39.5. The first-order valence-corrected chi connectivity index (χ1v) is 24.0. The third-order valence-corrected chi connectivity index (χ3v) is 14.9. The highest BCUT2D eigenvalue weighted by molar-refractivity contribution is 6.23. The number of nitrogens with zero attached hydrogens (tertiary/aromatic N) is 6. The van der Waals surface area contributed by atoms with Crippen LogP contribution in [0.4, 0.5) is 34.6 Å². The van der Waals surface area contributed by atoms with Gasteiger partial charge >= 0.3 is 0 Å². The molecule has 0 N–H and O–H groups in total. The van der Waals surface area contributed by atoms with Gasteiger partial charge in [-0.2, -0.15) is 0 Å². The predicted molar refractivity (Wildman–Crippen MR) is 288 cm³/mol. The summed E-state index contributed by atoms with van der Waals surface area (Å²) in [6, 6.07) is 70.0. The lowest BCUT2D eigenvalue weighted by Crippen LogP contribution is -2.15. The summed E-state index contributed by atoms with van der Waals surface area (Å²) in [7, 11) is 0. The van der Waals surface area contributed by atoms with Gasteiger partial charge in [-0.3, -0.25) is 9.80 Å². The maximum Gasteiger partial charge on any atom is 0.138 e. The molecular formula is C64H48N6. The number of hydrogen-bond acceptors (Lipinski definition) is 6. The van der Waals surface area contributed by atoms with Crippen molar-refractivity contribution in [3.8, 4) is 44.5 Å². The first-order chi connectivity index (χ1) is 34.3. The maximum atomic E-state index is 4.89. The molecule has 0 aliphatic heterocycles. The Labute approximate surface area is 408 Å². The van der Waals surface area contributed by atoms with Crippen molar-refractivity contribution in [3.05, 3.63) is 241 Å². The van der Waals surface area contributed by atoms with E-state index in [2.05, 4.69) is 159 Å². The summed E-state index contributed by atoms with van der Waals surface area (Å²) in [5, 5.41) is 4.55. The Morgan fingerprint density at radius 3 is 1.00 bits per heavy atom. The van der Waals surface area contributed by atoms with Crippen LogP contribution in [-0.2, 0) is 10.8 Å². The van der Waals surface area contributed by atoms with Crippen LogP contribution in [0.5, 0.6) is 0 Å². The molecule has 11 aromatic rings. The van der Waals surface area contributed by atoms with E-state index < -0.39 is 0 Å². The summed E-state index contributed by atoms with van der Waals surface area (Å²) >= 11 is 0. The van der Waals surface area contributed by atoms with Crippen LogP contribution in [0.1, 0.15) is 49.9 Å². The summed E-state index contributed by atoms with van der Waals surface area (Å²) in [4.78, 5) is 23.9. The van der Waals surface area contributed by atoms with Gasteiger partial charge in [0, 0.05) is 47.0 Å². The molecule has 13 rings (SSSR count). The summed E-state index contributed by atoms with van der Waals surface area (Å²) in [5.74, 6) is 3.15. The van der Waals surface area contributed by atoms with Gasteiger partial charge in [-0.15, -0.1) is 0 Å². The molecule has 0 spiro atoms. The van der Waals surface area contributed by atoms with Gasteiger partial charge < -0.3 is 0 Å². The van der Waals surface area contributed by atoms with Gasteiger partial charge in [-0.1, -0.05) is 137 Å². The van der Waals surface area contributed by atoms with Crippen molar-refractivity contribution in [2.75, 3.05) is 9.80 Å². The molecule has 2 aliphatic carbocycles. The Morgan fingerprint density at radius 1 is 0.300 bits per heavy atom. The molecule has 0 saturated carbocycles. The molecule has 4 aromatic heterocycles. The van der Waals surface area contributed by atoms with E-state index in [-0.39, 0.29) is 10.8 Å². The molecule has 0 atom stereocenters. The largest absolute Gasteiger partial charge is 0.279 e. The minimum absolute atomic E-state index is 0.193. The van der Waals surface area contributed by atoms with Crippen molar-refractivity contribution in [2.24, 2.45) is 0 Å². The van der Waals surface area contributed by atoms with Gasteiger partial charge in [0.25, 0.3) is 0 Å². The highest BCUT2D eigenvalue weighted by atomic mass is 15.2. The maximum absolute atomic E-state index is 4.89. The molecule has 6 nitrogen and oxygen atoms in total. The molecular weight excluding hydrogens is 853 g/mol. The lowest BCUT2D eigenvalue weighted by atomic mass is 9.79. The van der Waals surface area contributed by atoms with E-state index >= 15 is 0 Å². The standard InChI is InChI=1S/C64H48N6/c1-63(2)53-19-7-5-17-45(53)47-29-25-41(37-55(47)63)61-49-31-27-44(70(59-23-11-15-35-67-59)60-24-12-16-36-68-60)40-52(49)62(42-26-30-48-46-18-6-8-20-54(46)64(3,4)56(48)38-42)50-32-28-43(39-51(50)61)69(57-21-9-13-33-65-57)58-22-10-14-34-66-58/h5-40H,1-4H3. The number of pyridine rings is 4. The van der Waals surface area contributed by atoms with Crippen LogP contribution < -0.4 is 9.80 Å². The number of rotatable bonds is 8. The van der Waals surface area contributed by atoms with Crippen molar-refractivity contribution < 1.29 is 0 Å². The minimum Gasteiger partial charge on any atom is -0.279 e. The molecule has 2 aliphatic rings. The Balaban J connectivity index is 1.15. The second-order valence-corrected chi connectivity index (χ2v) is 19.5. The smallest absolute Gasteiger partial charge is 0.138 e. The second kappa shape index (κ2) is 15.9. The van der Waals surface area contributed by atoms with E-state index in [0.29, 0.717) is 0 Å². The van der Waals surface area contributed by atoms with Crippen molar-refractivity contribution in [1.29, 1.82) is 0 Å². The molecule has 334 valence electrons. The average molecular weight is 901 g/mol. The quantitative estimate of drug-likeness (QED) is 0.142. The third-order valence-electron chi connectivity index (χ3n) is 14.9. The van der Waals surface area contributed by atoms with Crippen LogP contribution in [0.2, 0.25) is 0 Å². The lowest BCUT2D eigenvalue weighted by molar-refractivity contribution is 0.660. The molecule has 0 fully saturated rings. The molecule has 0 saturated heterocycles. The zero-order chi connectivity index (χ0) is 47.1. The van der Waals surface area contributed by atoms with Crippen molar-refractivity contribution >= 4 is 56.2 Å². The van der Waals surface area contributed by atoms with Gasteiger partial charge in [-0.25, -0.2) is 19.9 Å². The summed E-state index contributed by atoms with van der Waals surface area (Å²) < 4.78 is 0. The van der Waals surface area contributed by atoms with E-state index in [9.17, 15) is 0 Å². The van der Waals surface area contributed by atoms with Gasteiger partial charge in [0.15, 0.2) is 0 Å². The number of benzene rings is 7. The Morgan fingerprint density at radius 2 is 0.643 bits per heavy atom. The van der Waals surface area contributed by atoms with Crippen molar-refractivity contribution in [2.45, 2.75) is 38.5 Å².